The minimum absolute atomic E-state index is 0.0498. The topological polar surface area (TPSA) is 197 Å². The van der Waals surface area contributed by atoms with E-state index < -0.39 is 95.7 Å². The van der Waals surface area contributed by atoms with E-state index in [1.54, 1.807) is 36.1 Å². The normalized spacial score (nSPS) is 27.7. The number of benzene rings is 2. The first-order valence-corrected chi connectivity index (χ1v) is 14.1. The molecule has 13 heteroatoms. The summed E-state index contributed by atoms with van der Waals surface area (Å²) in [4.78, 5) is 40.2. The summed E-state index contributed by atoms with van der Waals surface area (Å²) in [6.45, 7) is 0.618. The number of fused-ring (bicyclic) bond motifs is 3. The number of nitrogens with zero attached hydrogens (tertiary/aromatic N) is 1. The summed E-state index contributed by atoms with van der Waals surface area (Å²) in [5.41, 5.74) is -0.461. The predicted octanol–water partition coefficient (Wildman–Crippen LogP) is 1.09. The second-order valence-corrected chi connectivity index (χ2v) is 11.3. The first-order chi connectivity index (χ1) is 21.0. The first-order valence-electron chi connectivity index (χ1n) is 14.1. The van der Waals surface area contributed by atoms with E-state index in [1.165, 1.54) is 25.3 Å². The van der Waals surface area contributed by atoms with E-state index in [-0.39, 0.29) is 34.4 Å². The van der Waals surface area contributed by atoms with Crippen molar-refractivity contribution in [2.45, 2.75) is 62.4 Å². The number of nitrogens with one attached hydrogen (secondary N) is 1. The van der Waals surface area contributed by atoms with E-state index in [0.717, 1.165) is 0 Å². The number of aliphatic hydroxyl groups is 3. The maximum atomic E-state index is 13.8. The molecule has 1 aliphatic heterocycles. The molecule has 44 heavy (non-hydrogen) atoms. The van der Waals surface area contributed by atoms with E-state index in [2.05, 4.69) is 5.43 Å². The molecule has 0 amide bonds. The van der Waals surface area contributed by atoms with Crippen molar-refractivity contribution < 1.29 is 54.1 Å². The van der Waals surface area contributed by atoms with Crippen LogP contribution in [0.25, 0.3) is 0 Å². The zero-order valence-corrected chi connectivity index (χ0v) is 23.9. The third-order valence-corrected chi connectivity index (χ3v) is 8.68. The largest absolute Gasteiger partial charge is 0.507 e. The fourth-order valence-electron chi connectivity index (χ4n) is 6.46. The molecule has 4 unspecified atom stereocenters. The summed E-state index contributed by atoms with van der Waals surface area (Å²) in [5, 5.41) is 55.0. The number of hydrogen-bond acceptors (Lipinski definition) is 12. The number of aliphatic hydroxyl groups excluding tert-OH is 2. The zero-order chi connectivity index (χ0) is 31.5. The van der Waals surface area contributed by atoms with Crippen LogP contribution in [-0.4, -0.2) is 91.4 Å². The molecule has 2 aromatic carbocycles. The van der Waals surface area contributed by atoms with Gasteiger partial charge in [0.25, 0.3) is 0 Å². The van der Waals surface area contributed by atoms with Gasteiger partial charge in [0.2, 0.25) is 5.78 Å². The van der Waals surface area contributed by atoms with Crippen LogP contribution in [0.4, 0.5) is 0 Å². The summed E-state index contributed by atoms with van der Waals surface area (Å²) in [6, 6.07) is 7.42. The Kier molecular flexibility index (Phi) is 7.46. The number of methoxy groups -OCH3 is 1. The van der Waals surface area contributed by atoms with Crippen LogP contribution in [0, 0.1) is 0 Å². The van der Waals surface area contributed by atoms with E-state index in [9.17, 15) is 39.9 Å². The molecule has 0 saturated carbocycles. The molecule has 1 aromatic heterocycles. The van der Waals surface area contributed by atoms with E-state index >= 15 is 0 Å². The number of phenolic OH excluding ortho intramolecular Hbond substituents is 2. The van der Waals surface area contributed by atoms with Crippen molar-refractivity contribution in [3.05, 3.63) is 76.1 Å². The minimum atomic E-state index is -2.25. The van der Waals surface area contributed by atoms with Crippen molar-refractivity contribution in [2.24, 2.45) is 0 Å². The van der Waals surface area contributed by atoms with Gasteiger partial charge in [-0.15, -0.1) is 0 Å². The van der Waals surface area contributed by atoms with Gasteiger partial charge in [0.05, 0.1) is 42.0 Å². The van der Waals surface area contributed by atoms with Gasteiger partial charge in [0, 0.05) is 48.3 Å². The standard InChI is InChI=1S/C31H32N2O11/c1-14-26(36)17(32-33-8-3-4-9-33)10-21(43-14)44-19-12-31(41,20(35)13-34)11-16-23(19)30(40)25-24(28(16)38)27(37)15-6-5-7-18(42-2)22(15)29(25)39/h3-9,14,17,19,21,26,32,34,36,38,40-41H,10-13H2,1-2H3/t14?,17?,19-,21?,26?,31-/m0/s1. The molecule has 6 rings (SSSR count). The van der Waals surface area contributed by atoms with Crippen molar-refractivity contribution in [2.75, 3.05) is 19.1 Å². The van der Waals surface area contributed by atoms with Crippen LogP contribution in [0.2, 0.25) is 0 Å². The predicted molar refractivity (Wildman–Crippen MR) is 151 cm³/mol. The molecule has 6 atom stereocenters. The molecule has 3 aliphatic rings. The lowest BCUT2D eigenvalue weighted by Gasteiger charge is -2.43. The monoisotopic (exact) mass is 608 g/mol. The second-order valence-electron chi connectivity index (χ2n) is 11.3. The third kappa shape index (κ3) is 4.64. The molecular formula is C31H32N2O11. The van der Waals surface area contributed by atoms with Crippen molar-refractivity contribution in [1.29, 1.82) is 0 Å². The maximum absolute atomic E-state index is 13.8. The summed E-state index contributed by atoms with van der Waals surface area (Å²) in [7, 11) is 1.33. The molecule has 0 radical (unpaired) electrons. The van der Waals surface area contributed by atoms with Gasteiger partial charge >= 0.3 is 0 Å². The fraction of sp³-hybridized carbons (Fsp3) is 0.387. The van der Waals surface area contributed by atoms with Crippen LogP contribution >= 0.6 is 0 Å². The van der Waals surface area contributed by atoms with E-state index in [0.29, 0.717) is 0 Å². The van der Waals surface area contributed by atoms with Gasteiger partial charge in [0.15, 0.2) is 17.9 Å². The number of ketones is 3. The SMILES string of the molecule is COc1cccc2c1C(=O)c1c(O)c3c(c(O)c1C2=O)C[C@@](O)(C(=O)CO)C[C@@H]3OC1CC(Nn2cccc2)C(O)C(C)O1. The Bertz CT molecular complexity index is 1650. The Morgan fingerprint density at radius 3 is 2.48 bits per heavy atom. The fourth-order valence-corrected chi connectivity index (χ4v) is 6.46. The molecule has 3 aromatic rings. The number of phenols is 2. The molecule has 1 saturated heterocycles. The number of ether oxygens (including phenoxy) is 3. The Morgan fingerprint density at radius 2 is 1.80 bits per heavy atom. The number of carbonyl (C=O) groups is 3. The highest BCUT2D eigenvalue weighted by molar-refractivity contribution is 6.31. The molecule has 6 N–H and O–H groups in total. The van der Waals surface area contributed by atoms with Crippen LogP contribution in [-0.2, 0) is 20.7 Å². The van der Waals surface area contributed by atoms with Gasteiger partial charge in [-0.05, 0) is 25.1 Å². The van der Waals surface area contributed by atoms with Crippen molar-refractivity contribution in [3.63, 3.8) is 0 Å². The van der Waals surface area contributed by atoms with E-state index in [4.69, 9.17) is 14.2 Å². The number of Topliss-reactive ketones (excluding diaryl/α,β-unsaturated/α-hetero) is 1. The Labute approximate surface area is 251 Å². The maximum Gasteiger partial charge on any atom is 0.202 e. The molecule has 2 aliphatic carbocycles. The molecule has 0 spiro atoms. The van der Waals surface area contributed by atoms with Crippen molar-refractivity contribution >= 4 is 17.3 Å². The van der Waals surface area contributed by atoms with Gasteiger partial charge in [-0.3, -0.25) is 19.1 Å². The van der Waals surface area contributed by atoms with Gasteiger partial charge in [-0.25, -0.2) is 0 Å². The molecular weight excluding hydrogens is 576 g/mol. The summed E-state index contributed by atoms with van der Waals surface area (Å²) in [6.07, 6.45) is -1.53. The minimum Gasteiger partial charge on any atom is -0.507 e. The number of carbonyl (C=O) groups excluding carboxylic acids is 3. The Morgan fingerprint density at radius 1 is 1.09 bits per heavy atom. The van der Waals surface area contributed by atoms with Gasteiger partial charge < -0.3 is 45.2 Å². The summed E-state index contributed by atoms with van der Waals surface area (Å²) < 4.78 is 19.1. The number of aromatic hydroxyl groups is 2. The van der Waals surface area contributed by atoms with Crippen LogP contribution in [0.3, 0.4) is 0 Å². The number of aromatic nitrogens is 1. The lowest BCUT2D eigenvalue weighted by atomic mass is 9.72. The highest BCUT2D eigenvalue weighted by Gasteiger charge is 2.50. The van der Waals surface area contributed by atoms with Crippen LogP contribution in [0.15, 0.2) is 42.7 Å². The Balaban J connectivity index is 1.45. The molecule has 2 heterocycles. The average molecular weight is 609 g/mol. The summed E-state index contributed by atoms with van der Waals surface area (Å²) >= 11 is 0. The van der Waals surface area contributed by atoms with Crippen LogP contribution in [0.5, 0.6) is 17.2 Å². The van der Waals surface area contributed by atoms with Crippen LogP contribution < -0.4 is 10.2 Å². The van der Waals surface area contributed by atoms with E-state index in [1.807, 2.05) is 0 Å². The lowest BCUT2D eigenvalue weighted by Crippen LogP contribution is -2.53. The second kappa shape index (κ2) is 11.0. The smallest absolute Gasteiger partial charge is 0.202 e. The molecule has 1 fully saturated rings. The highest BCUT2D eigenvalue weighted by atomic mass is 16.7. The average Bonchev–Trinajstić information content (AvgIpc) is 3.52. The van der Waals surface area contributed by atoms with Crippen LogP contribution in [0.1, 0.15) is 68.8 Å². The lowest BCUT2D eigenvalue weighted by molar-refractivity contribution is -0.246. The van der Waals surface area contributed by atoms with Crippen molar-refractivity contribution in [3.8, 4) is 17.2 Å². The zero-order valence-electron chi connectivity index (χ0n) is 23.9. The van der Waals surface area contributed by atoms with Crippen molar-refractivity contribution in [1.82, 2.24) is 4.68 Å². The molecule has 13 nitrogen and oxygen atoms in total. The first kappa shape index (κ1) is 29.8. The van der Waals surface area contributed by atoms with Gasteiger partial charge in [0.1, 0.15) is 35.6 Å². The Hall–Kier alpha value is -4.27. The molecule has 232 valence electrons. The number of hydrogen-bond donors (Lipinski definition) is 6. The third-order valence-electron chi connectivity index (χ3n) is 8.68. The quantitative estimate of drug-likeness (QED) is 0.164. The van der Waals surface area contributed by atoms with Gasteiger partial charge in [-0.2, -0.15) is 0 Å². The highest BCUT2D eigenvalue weighted by Crippen LogP contribution is 2.52. The number of rotatable bonds is 7. The van der Waals surface area contributed by atoms with Gasteiger partial charge in [-0.1, -0.05) is 12.1 Å². The molecule has 0 bridgehead atoms. The summed E-state index contributed by atoms with van der Waals surface area (Å²) in [5.74, 6) is -3.75.